The van der Waals surface area contributed by atoms with Gasteiger partial charge >= 0.3 is 0 Å². The molecule has 0 saturated carbocycles. The van der Waals surface area contributed by atoms with Crippen LogP contribution in [0.1, 0.15) is 20.1 Å². The number of rotatable bonds is 9. The van der Waals surface area contributed by atoms with Gasteiger partial charge in [-0.2, -0.15) is 0 Å². The molecule has 0 radical (unpaired) electrons. The van der Waals surface area contributed by atoms with Crippen LogP contribution in [0.2, 0.25) is 0 Å². The molecule has 1 aliphatic rings. The highest BCUT2D eigenvalue weighted by Gasteiger charge is 2.19. The van der Waals surface area contributed by atoms with E-state index in [2.05, 4.69) is 10.2 Å². The zero-order valence-electron chi connectivity index (χ0n) is 18.0. The first-order chi connectivity index (χ1) is 16.6. The molecule has 172 valence electrons. The summed E-state index contributed by atoms with van der Waals surface area (Å²) in [6.45, 7) is 0.722. The van der Waals surface area contributed by atoms with E-state index in [0.29, 0.717) is 28.2 Å². The van der Waals surface area contributed by atoms with Gasteiger partial charge in [-0.3, -0.25) is 14.2 Å². The van der Waals surface area contributed by atoms with Crippen LogP contribution in [-0.2, 0) is 17.8 Å². The van der Waals surface area contributed by atoms with Crippen molar-refractivity contribution in [2.75, 3.05) is 12.5 Å². The number of fused-ring (bicyclic) bond motifs is 1. The molecule has 0 fully saturated rings. The lowest BCUT2D eigenvalue weighted by Gasteiger charge is -2.11. The summed E-state index contributed by atoms with van der Waals surface area (Å²) in [5, 5.41) is 9.44. The topological polar surface area (TPSA) is 109 Å². The van der Waals surface area contributed by atoms with Crippen LogP contribution in [0.5, 0.6) is 11.5 Å². The number of ketones is 1. The SMILES string of the molecule is NC(=O)Cc1ccc(C(=O)CSc2nnc(-c3ccccc3)n2Cc2ccc3c(c2)OCO3)s1. The third-order valence-corrected chi connectivity index (χ3v) is 7.24. The molecule has 3 heterocycles. The van der Waals surface area contributed by atoms with Crippen LogP contribution in [0.4, 0.5) is 0 Å². The fourth-order valence-corrected chi connectivity index (χ4v) is 5.42. The fourth-order valence-electron chi connectivity index (χ4n) is 3.56. The molecule has 0 atom stereocenters. The number of Topliss-reactive ketones (excluding diaryl/α,β-unsaturated/α-hetero) is 1. The average Bonchev–Trinajstić information content (AvgIpc) is 3.58. The third kappa shape index (κ3) is 4.82. The van der Waals surface area contributed by atoms with Gasteiger partial charge in [0.15, 0.2) is 28.3 Å². The Bertz CT molecular complexity index is 1350. The van der Waals surface area contributed by atoms with Crippen LogP contribution in [0.25, 0.3) is 11.4 Å². The molecule has 0 bridgehead atoms. The molecule has 8 nitrogen and oxygen atoms in total. The number of hydrogen-bond donors (Lipinski definition) is 1. The number of nitrogens with zero attached hydrogens (tertiary/aromatic N) is 3. The van der Waals surface area contributed by atoms with Gasteiger partial charge in [0.05, 0.1) is 23.6 Å². The van der Waals surface area contributed by atoms with Crippen LogP contribution < -0.4 is 15.2 Å². The number of amides is 1. The molecule has 1 aliphatic heterocycles. The number of aromatic nitrogens is 3. The van der Waals surface area contributed by atoms with Crippen LogP contribution >= 0.6 is 23.1 Å². The van der Waals surface area contributed by atoms with E-state index in [9.17, 15) is 9.59 Å². The van der Waals surface area contributed by atoms with Gasteiger partial charge in [-0.1, -0.05) is 48.2 Å². The van der Waals surface area contributed by atoms with E-state index in [1.165, 1.54) is 23.1 Å². The van der Waals surface area contributed by atoms with E-state index in [0.717, 1.165) is 21.8 Å². The van der Waals surface area contributed by atoms with Crippen LogP contribution in [-0.4, -0.2) is 39.0 Å². The molecule has 2 N–H and O–H groups in total. The second-order valence-electron chi connectivity index (χ2n) is 7.57. The fraction of sp³-hybridized carbons (Fsp3) is 0.167. The molecule has 0 saturated heterocycles. The average molecular weight is 493 g/mol. The minimum Gasteiger partial charge on any atom is -0.454 e. The second-order valence-corrected chi connectivity index (χ2v) is 9.68. The van der Waals surface area contributed by atoms with Crippen molar-refractivity contribution < 1.29 is 19.1 Å². The maximum absolute atomic E-state index is 12.8. The second kappa shape index (κ2) is 9.70. The lowest BCUT2D eigenvalue weighted by molar-refractivity contribution is -0.117. The largest absolute Gasteiger partial charge is 0.454 e. The third-order valence-electron chi connectivity index (χ3n) is 5.14. The van der Waals surface area contributed by atoms with Gasteiger partial charge in [0, 0.05) is 10.4 Å². The highest BCUT2D eigenvalue weighted by Crippen LogP contribution is 2.34. The van der Waals surface area contributed by atoms with E-state index in [4.69, 9.17) is 15.2 Å². The summed E-state index contributed by atoms with van der Waals surface area (Å²) >= 11 is 2.62. The smallest absolute Gasteiger partial charge is 0.231 e. The first kappa shape index (κ1) is 22.2. The van der Waals surface area contributed by atoms with E-state index < -0.39 is 5.91 Å². The highest BCUT2D eigenvalue weighted by atomic mass is 32.2. The zero-order valence-corrected chi connectivity index (χ0v) is 19.6. The van der Waals surface area contributed by atoms with Crippen molar-refractivity contribution in [2.24, 2.45) is 5.73 Å². The number of hydrogen-bond acceptors (Lipinski definition) is 8. The molecular formula is C24H20N4O4S2. The minimum atomic E-state index is -0.416. The van der Waals surface area contributed by atoms with Crippen molar-refractivity contribution in [1.29, 1.82) is 0 Å². The lowest BCUT2D eigenvalue weighted by atomic mass is 10.2. The number of benzene rings is 2. The summed E-state index contributed by atoms with van der Waals surface area (Å²) < 4.78 is 12.9. The van der Waals surface area contributed by atoms with E-state index in [-0.39, 0.29) is 24.7 Å². The first-order valence-corrected chi connectivity index (χ1v) is 12.3. The number of thiophene rings is 1. The van der Waals surface area contributed by atoms with Crippen LogP contribution in [0.15, 0.2) is 65.8 Å². The first-order valence-electron chi connectivity index (χ1n) is 10.5. The molecule has 0 spiro atoms. The molecule has 2 aromatic heterocycles. The summed E-state index contributed by atoms with van der Waals surface area (Å²) in [5.74, 6) is 1.89. The predicted molar refractivity (Wildman–Crippen MR) is 129 cm³/mol. The molecule has 0 aliphatic carbocycles. The summed E-state index contributed by atoms with van der Waals surface area (Å²) in [6.07, 6.45) is 0.134. The minimum absolute atomic E-state index is 0.0374. The maximum atomic E-state index is 12.8. The molecule has 1 amide bonds. The number of nitrogens with two attached hydrogens (primary N) is 1. The van der Waals surface area contributed by atoms with E-state index >= 15 is 0 Å². The Labute approximate surface area is 203 Å². The van der Waals surface area contributed by atoms with Crippen molar-refractivity contribution in [3.05, 3.63) is 76.0 Å². The van der Waals surface area contributed by atoms with Gasteiger partial charge in [-0.15, -0.1) is 21.5 Å². The number of carbonyl (C=O) groups is 2. The Balaban J connectivity index is 1.38. The Morgan fingerprint density at radius 3 is 2.68 bits per heavy atom. The predicted octanol–water partition coefficient (Wildman–Crippen LogP) is 3.79. The zero-order chi connectivity index (χ0) is 23.5. The summed E-state index contributed by atoms with van der Waals surface area (Å²) in [4.78, 5) is 25.3. The summed E-state index contributed by atoms with van der Waals surface area (Å²) in [5.41, 5.74) is 7.19. The summed E-state index contributed by atoms with van der Waals surface area (Å²) in [7, 11) is 0. The molecular weight excluding hydrogens is 472 g/mol. The van der Waals surface area contributed by atoms with Gasteiger partial charge in [0.25, 0.3) is 0 Å². The number of ether oxygens (including phenoxy) is 2. The Kier molecular flexibility index (Phi) is 6.33. The standard InChI is InChI=1S/C24H20N4O4S2/c25-22(30)11-17-7-9-21(34-17)18(29)13-33-24-27-26-23(16-4-2-1-3-5-16)28(24)12-15-6-8-19-20(10-15)32-14-31-19/h1-10H,11-14H2,(H2,25,30). The summed E-state index contributed by atoms with van der Waals surface area (Å²) in [6, 6.07) is 19.1. The van der Waals surface area contributed by atoms with Crippen molar-refractivity contribution in [2.45, 2.75) is 18.1 Å². The van der Waals surface area contributed by atoms with Crippen molar-refractivity contribution in [3.8, 4) is 22.9 Å². The van der Waals surface area contributed by atoms with Crippen LogP contribution in [0.3, 0.4) is 0 Å². The molecule has 0 unspecified atom stereocenters. The van der Waals surface area contributed by atoms with Crippen molar-refractivity contribution >= 4 is 34.8 Å². The lowest BCUT2D eigenvalue weighted by Crippen LogP contribution is -2.12. The van der Waals surface area contributed by atoms with Gasteiger partial charge in [-0.25, -0.2) is 0 Å². The van der Waals surface area contributed by atoms with Gasteiger partial charge in [-0.05, 0) is 29.8 Å². The number of primary amides is 1. The maximum Gasteiger partial charge on any atom is 0.231 e. The quantitative estimate of drug-likeness (QED) is 0.280. The van der Waals surface area contributed by atoms with Gasteiger partial charge < -0.3 is 15.2 Å². The van der Waals surface area contributed by atoms with Crippen LogP contribution in [0, 0.1) is 0 Å². The van der Waals surface area contributed by atoms with Crippen molar-refractivity contribution in [3.63, 3.8) is 0 Å². The Hall–Kier alpha value is -3.63. The Morgan fingerprint density at radius 1 is 1.03 bits per heavy atom. The Morgan fingerprint density at radius 2 is 1.85 bits per heavy atom. The van der Waals surface area contributed by atoms with E-state index in [1.54, 1.807) is 12.1 Å². The van der Waals surface area contributed by atoms with Crippen molar-refractivity contribution in [1.82, 2.24) is 14.8 Å². The van der Waals surface area contributed by atoms with E-state index in [1.807, 2.05) is 53.1 Å². The van der Waals surface area contributed by atoms with Gasteiger partial charge in [0.2, 0.25) is 12.7 Å². The molecule has 5 rings (SSSR count). The molecule has 4 aromatic rings. The molecule has 34 heavy (non-hydrogen) atoms. The van der Waals surface area contributed by atoms with Gasteiger partial charge in [0.1, 0.15) is 0 Å². The highest BCUT2D eigenvalue weighted by molar-refractivity contribution is 7.99. The normalized spacial score (nSPS) is 12.1. The number of thioether (sulfide) groups is 1. The monoisotopic (exact) mass is 492 g/mol. The molecule has 2 aromatic carbocycles. The number of carbonyl (C=O) groups excluding carboxylic acids is 2. The molecule has 10 heteroatoms.